The predicted octanol–water partition coefficient (Wildman–Crippen LogP) is 1.92. The Bertz CT molecular complexity index is 307. The van der Waals surface area contributed by atoms with Crippen molar-refractivity contribution in [3.8, 4) is 0 Å². The lowest BCUT2D eigenvalue weighted by Gasteiger charge is -2.19. The third-order valence-electron chi connectivity index (χ3n) is 3.15. The summed E-state index contributed by atoms with van der Waals surface area (Å²) in [5.74, 6) is -0.118. The molecule has 0 aliphatic heterocycles. The Labute approximate surface area is 103 Å². The summed E-state index contributed by atoms with van der Waals surface area (Å²) >= 11 is 0. The van der Waals surface area contributed by atoms with Crippen molar-refractivity contribution in [2.75, 3.05) is 6.54 Å². The number of nitrogens with two attached hydrogens (primary N) is 1. The van der Waals surface area contributed by atoms with Gasteiger partial charge in [0, 0.05) is 24.4 Å². The van der Waals surface area contributed by atoms with E-state index >= 15 is 0 Å². The second kappa shape index (κ2) is 5.94. The number of carbonyl (C=O) groups is 1. The second-order valence-corrected chi connectivity index (χ2v) is 5.36. The first kappa shape index (κ1) is 13.9. The first-order chi connectivity index (χ1) is 7.91. The topological polar surface area (TPSA) is 75.3 Å². The molecule has 0 aromatic rings. The van der Waals surface area contributed by atoms with Crippen LogP contribution in [0.4, 0.5) is 0 Å². The molecule has 0 heterocycles. The van der Waals surface area contributed by atoms with Gasteiger partial charge in [0.1, 0.15) is 0 Å². The Balaban J connectivity index is 2.59. The maximum absolute atomic E-state index is 10.8. The molecule has 0 bridgehead atoms. The van der Waals surface area contributed by atoms with Gasteiger partial charge in [0.05, 0.1) is 5.92 Å². The quantitative estimate of drug-likeness (QED) is 0.635. The fourth-order valence-electron chi connectivity index (χ4n) is 1.79. The minimum absolute atomic E-state index is 0.315. The van der Waals surface area contributed by atoms with Crippen LogP contribution in [-0.2, 0) is 4.79 Å². The molecule has 0 radical (unpaired) electrons. The summed E-state index contributed by atoms with van der Waals surface area (Å²) in [7, 11) is 0. The molecule has 0 unspecified atom stereocenters. The smallest absolute Gasteiger partial charge is 0.306 e. The van der Waals surface area contributed by atoms with Crippen molar-refractivity contribution in [1.29, 1.82) is 0 Å². The average Bonchev–Trinajstić information content (AvgIpc) is 3.00. The molecule has 1 atom stereocenters. The Morgan fingerprint density at radius 3 is 2.41 bits per heavy atom. The van der Waals surface area contributed by atoms with Gasteiger partial charge >= 0.3 is 5.97 Å². The van der Waals surface area contributed by atoms with Crippen LogP contribution in [0.1, 0.15) is 40.0 Å². The number of nitrogens with one attached hydrogen (secondary N) is 1. The highest BCUT2D eigenvalue weighted by molar-refractivity contribution is 5.69. The molecular weight excluding hydrogens is 216 g/mol. The maximum atomic E-state index is 10.8. The minimum atomic E-state index is -0.793. The van der Waals surface area contributed by atoms with Crippen molar-refractivity contribution in [3.05, 3.63) is 11.4 Å². The van der Waals surface area contributed by atoms with E-state index in [1.165, 1.54) is 12.8 Å². The third kappa shape index (κ3) is 4.67. The number of carboxylic acid groups (broad SMARTS) is 1. The van der Waals surface area contributed by atoms with Crippen molar-refractivity contribution in [2.45, 2.75) is 40.0 Å². The van der Waals surface area contributed by atoms with Gasteiger partial charge in [-0.3, -0.25) is 4.79 Å². The molecule has 0 spiro atoms. The zero-order chi connectivity index (χ0) is 13.0. The van der Waals surface area contributed by atoms with Crippen LogP contribution in [0.3, 0.4) is 0 Å². The molecule has 0 saturated heterocycles. The van der Waals surface area contributed by atoms with Crippen LogP contribution in [0.15, 0.2) is 11.4 Å². The lowest BCUT2D eigenvalue weighted by atomic mass is 10.0. The van der Waals surface area contributed by atoms with E-state index in [4.69, 9.17) is 10.8 Å². The van der Waals surface area contributed by atoms with Crippen molar-refractivity contribution in [1.82, 2.24) is 5.32 Å². The molecule has 98 valence electrons. The Morgan fingerprint density at radius 1 is 1.41 bits per heavy atom. The van der Waals surface area contributed by atoms with Crippen molar-refractivity contribution in [3.63, 3.8) is 0 Å². The summed E-state index contributed by atoms with van der Waals surface area (Å²) < 4.78 is 0. The van der Waals surface area contributed by atoms with Crippen LogP contribution in [0, 0.1) is 17.8 Å². The van der Waals surface area contributed by atoms with Gasteiger partial charge in [0.25, 0.3) is 0 Å². The normalized spacial score (nSPS) is 18.8. The molecule has 0 aromatic heterocycles. The average molecular weight is 240 g/mol. The Hall–Kier alpha value is -1.19. The van der Waals surface area contributed by atoms with Crippen LogP contribution >= 0.6 is 0 Å². The SMILES string of the molecule is CC(C)/C(NCC1CC1)=C(/N)C[C@H](C)C(=O)O. The summed E-state index contributed by atoms with van der Waals surface area (Å²) in [4.78, 5) is 10.8. The molecule has 4 N–H and O–H groups in total. The fourth-order valence-corrected chi connectivity index (χ4v) is 1.79. The van der Waals surface area contributed by atoms with E-state index in [9.17, 15) is 4.79 Å². The van der Waals surface area contributed by atoms with E-state index in [1.807, 2.05) is 0 Å². The van der Waals surface area contributed by atoms with Crippen molar-refractivity contribution < 1.29 is 9.90 Å². The van der Waals surface area contributed by atoms with Crippen LogP contribution in [0.25, 0.3) is 0 Å². The molecule has 0 aromatic carbocycles. The van der Waals surface area contributed by atoms with Gasteiger partial charge in [-0.1, -0.05) is 20.8 Å². The molecule has 0 amide bonds. The number of hydrogen-bond donors (Lipinski definition) is 3. The van der Waals surface area contributed by atoms with Gasteiger partial charge in [-0.2, -0.15) is 0 Å². The van der Waals surface area contributed by atoms with Gasteiger partial charge in [-0.05, 0) is 24.7 Å². The van der Waals surface area contributed by atoms with Gasteiger partial charge < -0.3 is 16.2 Å². The zero-order valence-corrected chi connectivity index (χ0v) is 11.0. The highest BCUT2D eigenvalue weighted by Crippen LogP contribution is 2.28. The number of allylic oxidation sites excluding steroid dienone is 2. The van der Waals surface area contributed by atoms with Gasteiger partial charge in [0.2, 0.25) is 0 Å². The molecule has 17 heavy (non-hydrogen) atoms. The molecule has 1 aliphatic rings. The number of hydrogen-bond acceptors (Lipinski definition) is 3. The second-order valence-electron chi connectivity index (χ2n) is 5.36. The molecule has 1 rings (SSSR count). The highest BCUT2D eigenvalue weighted by Gasteiger charge is 2.22. The third-order valence-corrected chi connectivity index (χ3v) is 3.15. The van der Waals surface area contributed by atoms with E-state index in [-0.39, 0.29) is 0 Å². The molecule has 1 fully saturated rings. The van der Waals surface area contributed by atoms with Crippen LogP contribution in [0.5, 0.6) is 0 Å². The molecule has 4 heteroatoms. The summed E-state index contributed by atoms with van der Waals surface area (Å²) in [6.07, 6.45) is 3.01. The largest absolute Gasteiger partial charge is 0.481 e. The van der Waals surface area contributed by atoms with Crippen molar-refractivity contribution >= 4 is 5.97 Å². The lowest BCUT2D eigenvalue weighted by Crippen LogP contribution is -2.26. The number of rotatable bonds is 7. The number of aliphatic carboxylic acids is 1. The van der Waals surface area contributed by atoms with E-state index in [0.29, 0.717) is 18.0 Å². The first-order valence-corrected chi connectivity index (χ1v) is 6.37. The van der Waals surface area contributed by atoms with E-state index in [2.05, 4.69) is 19.2 Å². The predicted molar refractivity (Wildman–Crippen MR) is 68.2 cm³/mol. The Kier molecular flexibility index (Phi) is 4.85. The monoisotopic (exact) mass is 240 g/mol. The van der Waals surface area contributed by atoms with Crippen LogP contribution < -0.4 is 11.1 Å². The zero-order valence-electron chi connectivity index (χ0n) is 11.0. The van der Waals surface area contributed by atoms with E-state index < -0.39 is 11.9 Å². The maximum Gasteiger partial charge on any atom is 0.306 e. The molecule has 1 aliphatic carbocycles. The van der Waals surface area contributed by atoms with Gasteiger partial charge in [-0.15, -0.1) is 0 Å². The lowest BCUT2D eigenvalue weighted by molar-refractivity contribution is -0.141. The number of carboxylic acids is 1. The van der Waals surface area contributed by atoms with Crippen LogP contribution in [-0.4, -0.2) is 17.6 Å². The molecular formula is C13H24N2O2. The highest BCUT2D eigenvalue weighted by atomic mass is 16.4. The summed E-state index contributed by atoms with van der Waals surface area (Å²) in [6.45, 7) is 6.81. The van der Waals surface area contributed by atoms with E-state index in [0.717, 1.165) is 18.2 Å². The van der Waals surface area contributed by atoms with Gasteiger partial charge in [0.15, 0.2) is 0 Å². The fraction of sp³-hybridized carbons (Fsp3) is 0.769. The van der Waals surface area contributed by atoms with Crippen molar-refractivity contribution in [2.24, 2.45) is 23.5 Å². The first-order valence-electron chi connectivity index (χ1n) is 6.37. The van der Waals surface area contributed by atoms with Crippen LogP contribution in [0.2, 0.25) is 0 Å². The summed E-state index contributed by atoms with van der Waals surface area (Å²) in [6, 6.07) is 0. The molecule has 4 nitrogen and oxygen atoms in total. The minimum Gasteiger partial charge on any atom is -0.481 e. The van der Waals surface area contributed by atoms with Gasteiger partial charge in [-0.25, -0.2) is 0 Å². The summed E-state index contributed by atoms with van der Waals surface area (Å²) in [5, 5.41) is 12.3. The standard InChI is InChI=1S/C13H24N2O2/c1-8(2)12(15-7-10-4-5-10)11(14)6-9(3)13(16)17/h8-10,15H,4-7,14H2,1-3H3,(H,16,17)/b12-11-/t9-/m0/s1. The molecule has 1 saturated carbocycles. The summed E-state index contributed by atoms with van der Waals surface area (Å²) in [5.41, 5.74) is 7.73. The Morgan fingerprint density at radius 2 is 2.00 bits per heavy atom. The van der Waals surface area contributed by atoms with E-state index in [1.54, 1.807) is 6.92 Å².